The lowest BCUT2D eigenvalue weighted by Gasteiger charge is -2.38. The number of nitrogens with zero attached hydrogens (tertiary/aromatic N) is 3. The predicted octanol–water partition coefficient (Wildman–Crippen LogP) is 2.54. The first kappa shape index (κ1) is 21.4. The van der Waals surface area contributed by atoms with E-state index in [1.54, 1.807) is 20.6 Å². The van der Waals surface area contributed by atoms with Crippen LogP contribution in [0.15, 0.2) is 0 Å². The summed E-state index contributed by atoms with van der Waals surface area (Å²) >= 11 is 0. The van der Waals surface area contributed by atoms with Gasteiger partial charge in [0.15, 0.2) is 0 Å². The molecule has 0 saturated carbocycles. The van der Waals surface area contributed by atoms with E-state index in [0.717, 1.165) is 25.7 Å². The standard InChI is InChI=1S/C18H35N3O4S/c1-15-8-6-10-20(12-15)26(23,24)21-11-7-9-16(14-21)13-19(5)17(22)25-18(2,3)4/h15-16H,6-14H2,1-5H3. The first-order valence-corrected chi connectivity index (χ1v) is 11.1. The number of hydrogen-bond acceptors (Lipinski definition) is 4. The summed E-state index contributed by atoms with van der Waals surface area (Å²) in [5.41, 5.74) is -0.530. The minimum atomic E-state index is -3.40. The first-order chi connectivity index (χ1) is 12.0. The van der Waals surface area contributed by atoms with Gasteiger partial charge in [-0.1, -0.05) is 6.92 Å². The number of piperidine rings is 2. The summed E-state index contributed by atoms with van der Waals surface area (Å²) in [6.45, 7) is 10.4. The van der Waals surface area contributed by atoms with E-state index in [1.807, 2.05) is 20.8 Å². The third-order valence-corrected chi connectivity index (χ3v) is 6.96. The van der Waals surface area contributed by atoms with Crippen LogP contribution in [-0.4, -0.2) is 73.4 Å². The van der Waals surface area contributed by atoms with Gasteiger partial charge in [0.1, 0.15) is 5.60 Å². The lowest BCUT2D eigenvalue weighted by molar-refractivity contribution is 0.0257. The van der Waals surface area contributed by atoms with E-state index in [4.69, 9.17) is 4.74 Å². The molecule has 0 N–H and O–H groups in total. The van der Waals surface area contributed by atoms with Gasteiger partial charge in [-0.25, -0.2) is 4.79 Å². The van der Waals surface area contributed by atoms with E-state index in [0.29, 0.717) is 38.6 Å². The molecule has 7 nitrogen and oxygen atoms in total. The fourth-order valence-corrected chi connectivity index (χ4v) is 5.59. The lowest BCUT2D eigenvalue weighted by Crippen LogP contribution is -2.51. The largest absolute Gasteiger partial charge is 0.444 e. The summed E-state index contributed by atoms with van der Waals surface area (Å²) in [7, 11) is -1.69. The Labute approximate surface area is 158 Å². The van der Waals surface area contributed by atoms with Gasteiger partial charge in [0.25, 0.3) is 10.2 Å². The fourth-order valence-electron chi connectivity index (χ4n) is 3.71. The summed E-state index contributed by atoms with van der Waals surface area (Å²) in [6, 6.07) is 0. The van der Waals surface area contributed by atoms with Gasteiger partial charge in [-0.2, -0.15) is 17.0 Å². The van der Waals surface area contributed by atoms with Gasteiger partial charge in [0, 0.05) is 39.8 Å². The molecule has 0 aromatic heterocycles. The Morgan fingerprint density at radius 2 is 1.69 bits per heavy atom. The van der Waals surface area contributed by atoms with Crippen molar-refractivity contribution in [1.82, 2.24) is 13.5 Å². The van der Waals surface area contributed by atoms with Crippen molar-refractivity contribution in [2.45, 2.75) is 59.0 Å². The smallest absolute Gasteiger partial charge is 0.410 e. The summed E-state index contributed by atoms with van der Waals surface area (Å²) in [5, 5.41) is 0. The third-order valence-electron chi connectivity index (χ3n) is 4.99. The number of ether oxygens (including phenoxy) is 1. The molecule has 0 aromatic carbocycles. The zero-order chi connectivity index (χ0) is 19.5. The monoisotopic (exact) mass is 389 g/mol. The summed E-state index contributed by atoms with van der Waals surface area (Å²) < 4.78 is 34.6. The maximum Gasteiger partial charge on any atom is 0.410 e. The highest BCUT2D eigenvalue weighted by Crippen LogP contribution is 2.25. The molecule has 26 heavy (non-hydrogen) atoms. The molecule has 2 unspecified atom stereocenters. The number of carbonyl (C=O) groups excluding carboxylic acids is 1. The Hall–Kier alpha value is -0.860. The van der Waals surface area contributed by atoms with Crippen LogP contribution in [0.3, 0.4) is 0 Å². The molecule has 0 bridgehead atoms. The maximum absolute atomic E-state index is 13.0. The molecule has 2 heterocycles. The molecule has 8 heteroatoms. The van der Waals surface area contributed by atoms with Crippen LogP contribution in [-0.2, 0) is 14.9 Å². The number of rotatable bonds is 4. The van der Waals surface area contributed by atoms with E-state index in [9.17, 15) is 13.2 Å². The van der Waals surface area contributed by atoms with Crippen molar-refractivity contribution in [1.29, 1.82) is 0 Å². The number of carbonyl (C=O) groups is 1. The van der Waals surface area contributed by atoms with Gasteiger partial charge < -0.3 is 9.64 Å². The topological polar surface area (TPSA) is 70.2 Å². The molecule has 152 valence electrons. The molecule has 0 radical (unpaired) electrons. The Morgan fingerprint density at radius 3 is 2.27 bits per heavy atom. The molecular formula is C18H35N3O4S. The van der Waals surface area contributed by atoms with Gasteiger partial charge in [-0.15, -0.1) is 0 Å². The second-order valence-corrected chi connectivity index (χ2v) is 10.8. The van der Waals surface area contributed by atoms with E-state index < -0.39 is 15.8 Å². The quantitative estimate of drug-likeness (QED) is 0.741. The van der Waals surface area contributed by atoms with E-state index in [-0.39, 0.29) is 12.0 Å². The second-order valence-electron chi connectivity index (χ2n) is 8.84. The maximum atomic E-state index is 13.0. The Balaban J connectivity index is 1.94. The first-order valence-electron chi connectivity index (χ1n) is 9.68. The predicted molar refractivity (Wildman–Crippen MR) is 102 cm³/mol. The average Bonchev–Trinajstić information content (AvgIpc) is 2.53. The van der Waals surface area contributed by atoms with Gasteiger partial charge in [0.2, 0.25) is 0 Å². The van der Waals surface area contributed by atoms with Crippen LogP contribution in [0.25, 0.3) is 0 Å². The minimum absolute atomic E-state index is 0.137. The molecular weight excluding hydrogens is 354 g/mol. The van der Waals surface area contributed by atoms with Crippen molar-refractivity contribution in [3.63, 3.8) is 0 Å². The van der Waals surface area contributed by atoms with Crippen LogP contribution in [0.2, 0.25) is 0 Å². The molecule has 2 fully saturated rings. The molecule has 0 aliphatic carbocycles. The molecule has 0 aromatic rings. The molecule has 2 aliphatic rings. The Morgan fingerprint density at radius 1 is 1.12 bits per heavy atom. The van der Waals surface area contributed by atoms with Crippen molar-refractivity contribution in [2.24, 2.45) is 11.8 Å². The van der Waals surface area contributed by atoms with Crippen LogP contribution in [0.5, 0.6) is 0 Å². The Bertz CT molecular complexity index is 588. The zero-order valence-corrected chi connectivity index (χ0v) is 17.7. The van der Waals surface area contributed by atoms with Gasteiger partial charge in [-0.05, 0) is 58.3 Å². The van der Waals surface area contributed by atoms with Gasteiger partial charge >= 0.3 is 6.09 Å². The second kappa shape index (κ2) is 8.44. The van der Waals surface area contributed by atoms with E-state index >= 15 is 0 Å². The normalized spacial score (nSPS) is 26.5. The molecule has 1 amide bonds. The van der Waals surface area contributed by atoms with Crippen molar-refractivity contribution in [3.8, 4) is 0 Å². The molecule has 2 saturated heterocycles. The molecule has 2 atom stereocenters. The zero-order valence-electron chi connectivity index (χ0n) is 16.9. The highest BCUT2D eigenvalue weighted by Gasteiger charge is 2.36. The lowest BCUT2D eigenvalue weighted by atomic mass is 9.99. The summed E-state index contributed by atoms with van der Waals surface area (Å²) in [4.78, 5) is 13.7. The fraction of sp³-hybridized carbons (Fsp3) is 0.944. The SMILES string of the molecule is CC1CCCN(S(=O)(=O)N2CCCC(CN(C)C(=O)OC(C)(C)C)C2)C1. The third kappa shape index (κ3) is 5.82. The van der Waals surface area contributed by atoms with Crippen LogP contribution < -0.4 is 0 Å². The van der Waals surface area contributed by atoms with Crippen LogP contribution in [0.4, 0.5) is 4.79 Å². The number of hydrogen-bond donors (Lipinski definition) is 0. The minimum Gasteiger partial charge on any atom is -0.444 e. The summed E-state index contributed by atoms with van der Waals surface area (Å²) in [5.74, 6) is 0.552. The van der Waals surface area contributed by atoms with Gasteiger partial charge in [-0.3, -0.25) is 0 Å². The van der Waals surface area contributed by atoms with Crippen molar-refractivity contribution >= 4 is 16.3 Å². The highest BCUT2D eigenvalue weighted by molar-refractivity contribution is 7.86. The molecule has 2 aliphatic heterocycles. The van der Waals surface area contributed by atoms with Crippen molar-refractivity contribution in [2.75, 3.05) is 39.8 Å². The number of amides is 1. The molecule has 2 rings (SSSR count). The van der Waals surface area contributed by atoms with E-state index in [1.165, 1.54) is 0 Å². The Kier molecular flexibility index (Phi) is 6.96. The van der Waals surface area contributed by atoms with Crippen LogP contribution in [0.1, 0.15) is 53.4 Å². The van der Waals surface area contributed by atoms with Gasteiger partial charge in [0.05, 0.1) is 0 Å². The van der Waals surface area contributed by atoms with Crippen molar-refractivity contribution in [3.05, 3.63) is 0 Å². The highest BCUT2D eigenvalue weighted by atomic mass is 32.2. The van der Waals surface area contributed by atoms with Crippen LogP contribution in [0, 0.1) is 11.8 Å². The molecule has 0 spiro atoms. The van der Waals surface area contributed by atoms with Crippen LogP contribution >= 0.6 is 0 Å². The summed E-state index contributed by atoms with van der Waals surface area (Å²) in [6.07, 6.45) is 3.42. The van der Waals surface area contributed by atoms with E-state index in [2.05, 4.69) is 6.92 Å². The van der Waals surface area contributed by atoms with Crippen molar-refractivity contribution < 1.29 is 17.9 Å². The average molecular weight is 390 g/mol.